The molecule has 0 heterocycles. The summed E-state index contributed by atoms with van der Waals surface area (Å²) in [5, 5.41) is 9.68. The van der Waals surface area contributed by atoms with E-state index in [1.807, 2.05) is 6.92 Å². The predicted molar refractivity (Wildman–Crippen MR) is 50.1 cm³/mol. The van der Waals surface area contributed by atoms with Gasteiger partial charge in [-0.15, -0.1) is 0 Å². The first kappa shape index (κ1) is 13.8. The minimum Gasteiger partial charge on any atom is -0.390 e. The second-order valence-electron chi connectivity index (χ2n) is 4.07. The van der Waals surface area contributed by atoms with E-state index in [1.54, 1.807) is 6.92 Å². The lowest BCUT2D eigenvalue weighted by Gasteiger charge is -2.23. The topological polar surface area (TPSA) is 20.2 Å². The molecule has 1 nitrogen and oxygen atoms in total. The largest absolute Gasteiger partial charge is 0.390 e. The Morgan fingerprint density at radius 1 is 1.00 bits per heavy atom. The number of hydrogen-bond donors (Lipinski definition) is 1. The van der Waals surface area contributed by atoms with Gasteiger partial charge in [0.1, 0.15) is 0 Å². The molecular formula is C10H19F3O. The van der Waals surface area contributed by atoms with Gasteiger partial charge in [-0.2, -0.15) is 13.2 Å². The van der Waals surface area contributed by atoms with Crippen molar-refractivity contribution in [1.82, 2.24) is 0 Å². The summed E-state index contributed by atoms with van der Waals surface area (Å²) in [6.45, 7) is 3.60. The lowest BCUT2D eigenvalue weighted by molar-refractivity contribution is -0.137. The Morgan fingerprint density at radius 3 is 1.93 bits per heavy atom. The molecule has 14 heavy (non-hydrogen) atoms. The molecule has 0 rings (SSSR count). The van der Waals surface area contributed by atoms with Crippen molar-refractivity contribution in [3.05, 3.63) is 0 Å². The number of halogens is 3. The Morgan fingerprint density at radius 2 is 1.50 bits per heavy atom. The van der Waals surface area contributed by atoms with Gasteiger partial charge in [-0.05, 0) is 26.2 Å². The molecule has 0 aliphatic rings. The molecule has 0 aliphatic heterocycles. The van der Waals surface area contributed by atoms with E-state index in [1.165, 1.54) is 0 Å². The standard InChI is InChI=1S/C10H19F3O/c1-3-4-6-9(2,14)7-5-8-10(11,12)13/h14H,3-8H2,1-2H3. The third-order valence-electron chi connectivity index (χ3n) is 2.24. The minimum absolute atomic E-state index is 0.0141. The lowest BCUT2D eigenvalue weighted by atomic mass is 9.93. The molecule has 0 aliphatic carbocycles. The van der Waals surface area contributed by atoms with Gasteiger partial charge in [0, 0.05) is 6.42 Å². The second kappa shape index (κ2) is 5.59. The predicted octanol–water partition coefficient (Wildman–Crippen LogP) is 3.66. The first-order valence-corrected chi connectivity index (χ1v) is 5.06. The number of hydrogen-bond acceptors (Lipinski definition) is 1. The van der Waals surface area contributed by atoms with Crippen molar-refractivity contribution < 1.29 is 18.3 Å². The monoisotopic (exact) mass is 212 g/mol. The minimum atomic E-state index is -4.10. The number of aliphatic hydroxyl groups is 1. The van der Waals surface area contributed by atoms with Crippen molar-refractivity contribution in [2.75, 3.05) is 0 Å². The summed E-state index contributed by atoms with van der Waals surface area (Å²) < 4.78 is 35.4. The summed E-state index contributed by atoms with van der Waals surface area (Å²) in [4.78, 5) is 0. The van der Waals surface area contributed by atoms with Gasteiger partial charge in [-0.1, -0.05) is 19.8 Å². The smallest absolute Gasteiger partial charge is 0.389 e. The molecule has 1 unspecified atom stereocenters. The van der Waals surface area contributed by atoms with Crippen molar-refractivity contribution in [1.29, 1.82) is 0 Å². The van der Waals surface area contributed by atoms with Crippen molar-refractivity contribution in [2.24, 2.45) is 0 Å². The van der Waals surface area contributed by atoms with Crippen LogP contribution in [0.3, 0.4) is 0 Å². The van der Waals surface area contributed by atoms with Crippen LogP contribution >= 0.6 is 0 Å². The molecule has 0 radical (unpaired) electrons. The first-order chi connectivity index (χ1) is 6.27. The van der Waals surface area contributed by atoms with Crippen molar-refractivity contribution in [3.8, 4) is 0 Å². The van der Waals surface area contributed by atoms with Crippen LogP contribution in [0.25, 0.3) is 0 Å². The van der Waals surface area contributed by atoms with Crippen LogP contribution in [0.15, 0.2) is 0 Å². The van der Waals surface area contributed by atoms with Gasteiger partial charge < -0.3 is 5.11 Å². The van der Waals surface area contributed by atoms with Crippen LogP contribution in [-0.2, 0) is 0 Å². The van der Waals surface area contributed by atoms with Gasteiger partial charge in [0.15, 0.2) is 0 Å². The molecule has 4 heteroatoms. The van der Waals surface area contributed by atoms with Crippen LogP contribution in [0.4, 0.5) is 13.2 Å². The van der Waals surface area contributed by atoms with Gasteiger partial charge >= 0.3 is 6.18 Å². The highest BCUT2D eigenvalue weighted by molar-refractivity contribution is 4.72. The average Bonchev–Trinajstić information content (AvgIpc) is 1.98. The van der Waals surface area contributed by atoms with E-state index >= 15 is 0 Å². The summed E-state index contributed by atoms with van der Waals surface area (Å²) >= 11 is 0. The van der Waals surface area contributed by atoms with Gasteiger partial charge in [-0.3, -0.25) is 0 Å². The molecule has 0 saturated heterocycles. The van der Waals surface area contributed by atoms with Gasteiger partial charge in [0.05, 0.1) is 5.60 Å². The third-order valence-corrected chi connectivity index (χ3v) is 2.24. The van der Waals surface area contributed by atoms with E-state index in [2.05, 4.69) is 0 Å². The summed E-state index contributed by atoms with van der Waals surface area (Å²) in [5.41, 5.74) is -0.929. The fourth-order valence-electron chi connectivity index (χ4n) is 1.35. The Labute approximate surface area is 83.3 Å². The Hall–Kier alpha value is -0.250. The van der Waals surface area contributed by atoms with E-state index in [0.717, 1.165) is 12.8 Å². The zero-order valence-electron chi connectivity index (χ0n) is 8.82. The molecule has 0 aromatic rings. The number of alkyl halides is 3. The third kappa shape index (κ3) is 8.35. The highest BCUT2D eigenvalue weighted by atomic mass is 19.4. The Balaban J connectivity index is 3.65. The molecular weight excluding hydrogens is 193 g/mol. The fraction of sp³-hybridized carbons (Fsp3) is 1.00. The van der Waals surface area contributed by atoms with E-state index < -0.39 is 18.2 Å². The maximum atomic E-state index is 11.8. The van der Waals surface area contributed by atoms with Crippen LogP contribution in [0.1, 0.15) is 52.4 Å². The Bertz CT molecular complexity index is 152. The molecule has 0 aromatic carbocycles. The normalized spacial score (nSPS) is 16.7. The first-order valence-electron chi connectivity index (χ1n) is 5.06. The van der Waals surface area contributed by atoms with Crippen molar-refractivity contribution in [3.63, 3.8) is 0 Å². The highest BCUT2D eigenvalue weighted by Gasteiger charge is 2.28. The fourth-order valence-corrected chi connectivity index (χ4v) is 1.35. The molecule has 86 valence electrons. The average molecular weight is 212 g/mol. The van der Waals surface area contributed by atoms with Crippen LogP contribution in [0.5, 0.6) is 0 Å². The zero-order valence-corrected chi connectivity index (χ0v) is 8.82. The van der Waals surface area contributed by atoms with Gasteiger partial charge in [0.25, 0.3) is 0 Å². The summed E-state index contributed by atoms with van der Waals surface area (Å²) in [7, 11) is 0. The molecule has 0 fully saturated rings. The quantitative estimate of drug-likeness (QED) is 0.712. The lowest BCUT2D eigenvalue weighted by Crippen LogP contribution is -2.24. The summed E-state index contributed by atoms with van der Waals surface area (Å²) in [6.07, 6.45) is -2.25. The highest BCUT2D eigenvalue weighted by Crippen LogP contribution is 2.26. The van der Waals surface area contributed by atoms with E-state index in [0.29, 0.717) is 6.42 Å². The molecule has 0 spiro atoms. The number of unbranched alkanes of at least 4 members (excludes halogenated alkanes) is 1. The van der Waals surface area contributed by atoms with Crippen LogP contribution < -0.4 is 0 Å². The maximum absolute atomic E-state index is 11.8. The van der Waals surface area contributed by atoms with Crippen LogP contribution in [0, 0.1) is 0 Å². The van der Waals surface area contributed by atoms with Gasteiger partial charge in [-0.25, -0.2) is 0 Å². The molecule has 1 atom stereocenters. The van der Waals surface area contributed by atoms with E-state index in [4.69, 9.17) is 0 Å². The van der Waals surface area contributed by atoms with Crippen molar-refractivity contribution >= 4 is 0 Å². The Kier molecular flexibility index (Phi) is 5.49. The second-order valence-corrected chi connectivity index (χ2v) is 4.07. The molecule has 0 saturated carbocycles. The van der Waals surface area contributed by atoms with Crippen molar-refractivity contribution in [2.45, 2.75) is 64.1 Å². The van der Waals surface area contributed by atoms with Crippen LogP contribution in [0.2, 0.25) is 0 Å². The molecule has 1 N–H and O–H groups in total. The molecule has 0 bridgehead atoms. The SMILES string of the molecule is CCCCC(C)(O)CCCC(F)(F)F. The zero-order chi connectivity index (χ0) is 11.2. The van der Waals surface area contributed by atoms with Gasteiger partial charge in [0.2, 0.25) is 0 Å². The molecule has 0 amide bonds. The summed E-state index contributed by atoms with van der Waals surface area (Å²) in [6, 6.07) is 0. The summed E-state index contributed by atoms with van der Waals surface area (Å²) in [5.74, 6) is 0. The maximum Gasteiger partial charge on any atom is 0.389 e. The molecule has 0 aromatic heterocycles. The van der Waals surface area contributed by atoms with E-state index in [-0.39, 0.29) is 12.8 Å². The van der Waals surface area contributed by atoms with E-state index in [9.17, 15) is 18.3 Å². The van der Waals surface area contributed by atoms with Crippen LogP contribution in [-0.4, -0.2) is 16.9 Å². The number of rotatable bonds is 6.